The number of nitrogens with one attached hydrogen (secondary N) is 1. The van der Waals surface area contributed by atoms with E-state index in [4.69, 9.17) is 15.2 Å². The van der Waals surface area contributed by atoms with Crippen LogP contribution in [0.2, 0.25) is 0 Å². The van der Waals surface area contributed by atoms with Gasteiger partial charge in [-0.05, 0) is 31.4 Å². The average Bonchev–Trinajstić information content (AvgIpc) is 3.09. The van der Waals surface area contributed by atoms with Crippen molar-refractivity contribution in [3.8, 4) is 11.5 Å². The average molecular weight is 407 g/mol. The summed E-state index contributed by atoms with van der Waals surface area (Å²) in [6, 6.07) is 14.0. The first-order chi connectivity index (χ1) is 12.7. The van der Waals surface area contributed by atoms with Gasteiger partial charge in [0, 0.05) is 33.9 Å². The minimum absolute atomic E-state index is 0. The maximum atomic E-state index is 12.7. The molecule has 1 aliphatic carbocycles. The van der Waals surface area contributed by atoms with Crippen LogP contribution in [0.1, 0.15) is 19.3 Å². The van der Waals surface area contributed by atoms with Crippen LogP contribution < -0.4 is 20.5 Å². The predicted octanol–water partition coefficient (Wildman–Crippen LogP) is 4.10. The Morgan fingerprint density at radius 1 is 1.07 bits per heavy atom. The smallest absolute Gasteiger partial charge is 0.227 e. The van der Waals surface area contributed by atoms with Gasteiger partial charge in [0.2, 0.25) is 5.91 Å². The fourth-order valence-corrected chi connectivity index (χ4v) is 4.29. The molecule has 7 heteroatoms. The zero-order chi connectivity index (χ0) is 17.9. The van der Waals surface area contributed by atoms with Crippen molar-refractivity contribution in [3.05, 3.63) is 42.5 Å². The highest BCUT2D eigenvalue weighted by Gasteiger charge is 2.28. The van der Waals surface area contributed by atoms with Crippen molar-refractivity contribution in [1.82, 2.24) is 0 Å². The molecule has 2 aliphatic rings. The Bertz CT molecular complexity index is 803. The summed E-state index contributed by atoms with van der Waals surface area (Å²) < 4.78 is 11.4. The molecule has 1 saturated carbocycles. The molecule has 1 amide bonds. The van der Waals surface area contributed by atoms with Crippen LogP contribution in [0.25, 0.3) is 0 Å². The van der Waals surface area contributed by atoms with Crippen molar-refractivity contribution < 1.29 is 14.3 Å². The molecule has 2 atom stereocenters. The zero-order valence-electron chi connectivity index (χ0n) is 14.9. The van der Waals surface area contributed by atoms with E-state index < -0.39 is 0 Å². The Morgan fingerprint density at radius 2 is 1.78 bits per heavy atom. The molecule has 1 heterocycles. The molecule has 0 bridgehead atoms. The standard InChI is InChI=1S/C20H22N2O3S.ClH/c21-14-7-6-13(10-14)20(23)22-16-11-17-18(25-9-8-24-17)12-19(16)26-15-4-2-1-3-5-15;/h1-5,11-14H,6-10,21H2,(H,22,23);1H. The molecule has 3 N–H and O–H groups in total. The van der Waals surface area contributed by atoms with Gasteiger partial charge in [-0.25, -0.2) is 0 Å². The molecule has 5 nitrogen and oxygen atoms in total. The van der Waals surface area contributed by atoms with Crippen LogP contribution in [0.15, 0.2) is 52.3 Å². The van der Waals surface area contributed by atoms with Crippen LogP contribution >= 0.6 is 24.2 Å². The normalized spacial score (nSPS) is 20.6. The van der Waals surface area contributed by atoms with E-state index in [-0.39, 0.29) is 30.3 Å². The van der Waals surface area contributed by atoms with Gasteiger partial charge in [-0.15, -0.1) is 12.4 Å². The number of carbonyl (C=O) groups excluding carboxylic acids is 1. The summed E-state index contributed by atoms with van der Waals surface area (Å²) in [6.07, 6.45) is 2.50. The lowest BCUT2D eigenvalue weighted by molar-refractivity contribution is -0.119. The molecule has 2 aromatic rings. The van der Waals surface area contributed by atoms with E-state index in [1.807, 2.05) is 42.5 Å². The topological polar surface area (TPSA) is 73.6 Å². The van der Waals surface area contributed by atoms with Gasteiger partial charge in [-0.2, -0.15) is 0 Å². The van der Waals surface area contributed by atoms with E-state index in [9.17, 15) is 4.79 Å². The SMILES string of the molecule is Cl.NC1CCC(C(=O)Nc2cc3c(cc2Sc2ccccc2)OCCO3)C1. The van der Waals surface area contributed by atoms with Crippen molar-refractivity contribution in [2.75, 3.05) is 18.5 Å². The van der Waals surface area contributed by atoms with E-state index in [1.165, 1.54) is 0 Å². The number of ether oxygens (including phenoxy) is 2. The van der Waals surface area contributed by atoms with Crippen LogP contribution in [0.4, 0.5) is 5.69 Å². The largest absolute Gasteiger partial charge is 0.486 e. The summed E-state index contributed by atoms with van der Waals surface area (Å²) in [4.78, 5) is 14.7. The summed E-state index contributed by atoms with van der Waals surface area (Å²) in [5.74, 6) is 1.40. The first-order valence-corrected chi connectivity index (χ1v) is 9.73. The molecular weight excluding hydrogens is 384 g/mol. The van der Waals surface area contributed by atoms with Gasteiger partial charge in [0.05, 0.1) is 5.69 Å². The summed E-state index contributed by atoms with van der Waals surface area (Å²) in [5, 5.41) is 3.09. The molecule has 0 saturated heterocycles. The second-order valence-electron chi connectivity index (χ2n) is 6.67. The Morgan fingerprint density at radius 3 is 2.44 bits per heavy atom. The van der Waals surface area contributed by atoms with Crippen molar-refractivity contribution in [2.45, 2.75) is 35.1 Å². The highest BCUT2D eigenvalue weighted by molar-refractivity contribution is 7.99. The summed E-state index contributed by atoms with van der Waals surface area (Å²) >= 11 is 1.60. The first-order valence-electron chi connectivity index (χ1n) is 8.92. The number of anilines is 1. The first kappa shape index (κ1) is 19.9. The fraction of sp³-hybridized carbons (Fsp3) is 0.350. The molecule has 144 valence electrons. The van der Waals surface area contributed by atoms with Gasteiger partial charge in [-0.3, -0.25) is 4.79 Å². The number of amides is 1. The molecule has 2 unspecified atom stereocenters. The van der Waals surface area contributed by atoms with Gasteiger partial charge in [0.25, 0.3) is 0 Å². The Kier molecular flexibility index (Phi) is 6.52. The van der Waals surface area contributed by atoms with E-state index in [1.54, 1.807) is 11.8 Å². The number of hydrogen-bond acceptors (Lipinski definition) is 5. The third-order valence-electron chi connectivity index (χ3n) is 4.72. The van der Waals surface area contributed by atoms with Gasteiger partial charge >= 0.3 is 0 Å². The predicted molar refractivity (Wildman–Crippen MR) is 109 cm³/mol. The molecule has 4 rings (SSSR count). The third-order valence-corrected chi connectivity index (χ3v) is 5.78. The van der Waals surface area contributed by atoms with E-state index in [0.29, 0.717) is 19.0 Å². The van der Waals surface area contributed by atoms with E-state index in [2.05, 4.69) is 5.32 Å². The number of fused-ring (bicyclic) bond motifs is 1. The fourth-order valence-electron chi connectivity index (χ4n) is 3.36. The highest BCUT2D eigenvalue weighted by atomic mass is 35.5. The monoisotopic (exact) mass is 406 g/mol. The number of halogens is 1. The Hall–Kier alpha value is -1.89. The minimum Gasteiger partial charge on any atom is -0.486 e. The molecular formula is C20H23ClN2O3S. The van der Waals surface area contributed by atoms with Crippen molar-refractivity contribution in [3.63, 3.8) is 0 Å². The molecule has 2 aromatic carbocycles. The van der Waals surface area contributed by atoms with Gasteiger partial charge in [-0.1, -0.05) is 30.0 Å². The second kappa shape index (κ2) is 8.87. The van der Waals surface area contributed by atoms with Crippen LogP contribution in [0.3, 0.4) is 0 Å². The van der Waals surface area contributed by atoms with Gasteiger partial charge in [0.15, 0.2) is 11.5 Å². The summed E-state index contributed by atoms with van der Waals surface area (Å²) in [7, 11) is 0. The van der Waals surface area contributed by atoms with Crippen LogP contribution in [0.5, 0.6) is 11.5 Å². The molecule has 27 heavy (non-hydrogen) atoms. The molecule has 0 radical (unpaired) electrons. The van der Waals surface area contributed by atoms with Crippen LogP contribution in [-0.2, 0) is 4.79 Å². The lowest BCUT2D eigenvalue weighted by Crippen LogP contribution is -2.23. The molecule has 0 spiro atoms. The maximum Gasteiger partial charge on any atom is 0.227 e. The second-order valence-corrected chi connectivity index (χ2v) is 7.78. The lowest BCUT2D eigenvalue weighted by atomic mass is 10.1. The third kappa shape index (κ3) is 4.69. The highest BCUT2D eigenvalue weighted by Crippen LogP contribution is 2.42. The number of rotatable bonds is 4. The van der Waals surface area contributed by atoms with Crippen LogP contribution in [0, 0.1) is 5.92 Å². The van der Waals surface area contributed by atoms with E-state index in [0.717, 1.165) is 40.5 Å². The van der Waals surface area contributed by atoms with Crippen molar-refractivity contribution in [2.24, 2.45) is 11.7 Å². The van der Waals surface area contributed by atoms with Crippen LogP contribution in [-0.4, -0.2) is 25.2 Å². The van der Waals surface area contributed by atoms with Crippen molar-refractivity contribution >= 4 is 35.8 Å². The maximum absolute atomic E-state index is 12.7. The van der Waals surface area contributed by atoms with Crippen molar-refractivity contribution in [1.29, 1.82) is 0 Å². The zero-order valence-corrected chi connectivity index (χ0v) is 16.5. The number of carbonyl (C=O) groups is 1. The Balaban J connectivity index is 0.00000210. The number of hydrogen-bond donors (Lipinski definition) is 2. The van der Waals surface area contributed by atoms with E-state index >= 15 is 0 Å². The Labute approximate surface area is 169 Å². The molecule has 1 fully saturated rings. The quantitative estimate of drug-likeness (QED) is 0.799. The lowest BCUT2D eigenvalue weighted by Gasteiger charge is -2.22. The number of nitrogens with two attached hydrogens (primary N) is 1. The summed E-state index contributed by atoms with van der Waals surface area (Å²) in [5.41, 5.74) is 6.72. The van der Waals surface area contributed by atoms with Gasteiger partial charge < -0.3 is 20.5 Å². The van der Waals surface area contributed by atoms with Gasteiger partial charge in [0.1, 0.15) is 13.2 Å². The number of benzene rings is 2. The minimum atomic E-state index is -0.0206. The molecule has 1 aliphatic heterocycles. The summed E-state index contributed by atoms with van der Waals surface area (Å²) in [6.45, 7) is 1.05. The molecule has 0 aromatic heterocycles.